The number of amides is 1. The number of carbonyl (C=O) groups is 1. The molecule has 5 nitrogen and oxygen atoms in total. The van der Waals surface area contributed by atoms with Gasteiger partial charge in [-0.3, -0.25) is 4.79 Å². The van der Waals surface area contributed by atoms with Gasteiger partial charge in [-0.1, -0.05) is 12.1 Å². The van der Waals surface area contributed by atoms with Crippen molar-refractivity contribution in [2.45, 2.75) is 40.0 Å². The summed E-state index contributed by atoms with van der Waals surface area (Å²) >= 11 is 0. The van der Waals surface area contributed by atoms with E-state index in [1.807, 2.05) is 39.0 Å². The molecule has 0 bridgehead atoms. The lowest BCUT2D eigenvalue weighted by atomic mass is 10.1. The smallest absolute Gasteiger partial charge is 0.259 e. The maximum absolute atomic E-state index is 12.6. The molecule has 126 valence electrons. The molecule has 0 saturated carbocycles. The molecule has 5 heteroatoms. The number of piperidine rings is 1. The Labute approximate surface area is 143 Å². The third-order valence-corrected chi connectivity index (χ3v) is 4.49. The van der Waals surface area contributed by atoms with Crippen LogP contribution in [0, 0.1) is 20.8 Å². The fourth-order valence-electron chi connectivity index (χ4n) is 2.98. The van der Waals surface area contributed by atoms with Gasteiger partial charge in [0.25, 0.3) is 5.91 Å². The van der Waals surface area contributed by atoms with Gasteiger partial charge in [0.15, 0.2) is 0 Å². The number of hydrogen-bond donors (Lipinski definition) is 1. The van der Waals surface area contributed by atoms with Crippen molar-refractivity contribution in [3.63, 3.8) is 0 Å². The second-order valence-electron chi connectivity index (χ2n) is 6.49. The van der Waals surface area contributed by atoms with Crippen LogP contribution in [0.15, 0.2) is 24.4 Å². The molecular formula is C19H24N4O. The van der Waals surface area contributed by atoms with Crippen molar-refractivity contribution in [1.29, 1.82) is 0 Å². The quantitative estimate of drug-likeness (QED) is 0.936. The Morgan fingerprint density at radius 2 is 1.88 bits per heavy atom. The number of anilines is 2. The Balaban J connectivity index is 1.78. The number of hydrogen-bond acceptors (Lipinski definition) is 4. The summed E-state index contributed by atoms with van der Waals surface area (Å²) in [6.07, 6.45) is 5.27. The average molecular weight is 324 g/mol. The van der Waals surface area contributed by atoms with Crippen LogP contribution in [0.4, 0.5) is 11.6 Å². The van der Waals surface area contributed by atoms with Gasteiger partial charge in [-0.15, -0.1) is 0 Å². The summed E-state index contributed by atoms with van der Waals surface area (Å²) in [5.74, 6) is 0.571. The summed E-state index contributed by atoms with van der Waals surface area (Å²) in [7, 11) is 0. The first kappa shape index (κ1) is 16.4. The number of aromatic nitrogens is 2. The van der Waals surface area contributed by atoms with Crippen molar-refractivity contribution in [2.75, 3.05) is 23.3 Å². The van der Waals surface area contributed by atoms with E-state index >= 15 is 0 Å². The molecule has 1 N–H and O–H groups in total. The zero-order valence-corrected chi connectivity index (χ0v) is 14.6. The standard InChI is InChI=1S/C19H24N4O/c1-13-7-8-14(2)17(11-13)22-18(24)16-12-20-19(21-15(16)3)23-9-5-4-6-10-23/h7-8,11-12H,4-6,9-10H2,1-3H3,(H,22,24). The molecule has 0 unspecified atom stereocenters. The molecule has 0 radical (unpaired) electrons. The van der Waals surface area contributed by atoms with E-state index in [2.05, 4.69) is 20.2 Å². The highest BCUT2D eigenvalue weighted by atomic mass is 16.1. The predicted molar refractivity (Wildman–Crippen MR) is 96.7 cm³/mol. The summed E-state index contributed by atoms with van der Waals surface area (Å²) in [6.45, 7) is 7.85. The van der Waals surface area contributed by atoms with E-state index < -0.39 is 0 Å². The van der Waals surface area contributed by atoms with Gasteiger partial charge in [0.2, 0.25) is 5.95 Å². The van der Waals surface area contributed by atoms with E-state index in [1.54, 1.807) is 6.20 Å². The molecule has 1 amide bonds. The summed E-state index contributed by atoms with van der Waals surface area (Å²) in [5.41, 5.74) is 4.23. The molecule has 0 aliphatic carbocycles. The first-order valence-corrected chi connectivity index (χ1v) is 8.52. The zero-order chi connectivity index (χ0) is 17.1. The van der Waals surface area contributed by atoms with Gasteiger partial charge in [0.05, 0.1) is 11.3 Å². The lowest BCUT2D eigenvalue weighted by Gasteiger charge is -2.26. The summed E-state index contributed by atoms with van der Waals surface area (Å²) < 4.78 is 0. The van der Waals surface area contributed by atoms with Crippen LogP contribution in [0.25, 0.3) is 0 Å². The van der Waals surface area contributed by atoms with Gasteiger partial charge in [-0.25, -0.2) is 9.97 Å². The summed E-state index contributed by atoms with van der Waals surface area (Å²) in [6, 6.07) is 6.02. The molecule has 0 atom stereocenters. The van der Waals surface area contributed by atoms with Crippen LogP contribution in [-0.2, 0) is 0 Å². The third-order valence-electron chi connectivity index (χ3n) is 4.49. The Morgan fingerprint density at radius 1 is 1.12 bits per heavy atom. The fourth-order valence-corrected chi connectivity index (χ4v) is 2.98. The van der Waals surface area contributed by atoms with E-state index in [0.717, 1.165) is 35.9 Å². The van der Waals surface area contributed by atoms with Gasteiger partial charge in [-0.2, -0.15) is 0 Å². The van der Waals surface area contributed by atoms with Crippen molar-refractivity contribution in [1.82, 2.24) is 9.97 Å². The third kappa shape index (κ3) is 3.55. The highest BCUT2D eigenvalue weighted by Crippen LogP contribution is 2.20. The molecule has 1 aromatic carbocycles. The van der Waals surface area contributed by atoms with E-state index in [4.69, 9.17) is 0 Å². The zero-order valence-electron chi connectivity index (χ0n) is 14.6. The van der Waals surface area contributed by atoms with Crippen molar-refractivity contribution in [3.05, 3.63) is 46.8 Å². The Bertz CT molecular complexity index is 751. The number of aryl methyl sites for hydroxylation is 3. The predicted octanol–water partition coefficient (Wildman–Crippen LogP) is 3.64. The van der Waals surface area contributed by atoms with Crippen LogP contribution in [0.3, 0.4) is 0 Å². The van der Waals surface area contributed by atoms with Crippen LogP contribution in [0.5, 0.6) is 0 Å². The number of nitrogens with zero attached hydrogens (tertiary/aromatic N) is 3. The van der Waals surface area contributed by atoms with Crippen LogP contribution < -0.4 is 10.2 Å². The molecule has 1 aromatic heterocycles. The second kappa shape index (κ2) is 6.99. The van der Waals surface area contributed by atoms with Crippen LogP contribution in [0.1, 0.15) is 46.4 Å². The molecule has 2 heterocycles. The Kier molecular flexibility index (Phi) is 4.79. The van der Waals surface area contributed by atoms with Crippen molar-refractivity contribution < 1.29 is 4.79 Å². The first-order chi connectivity index (χ1) is 11.5. The van der Waals surface area contributed by atoms with Gasteiger partial charge < -0.3 is 10.2 Å². The van der Waals surface area contributed by atoms with Crippen LogP contribution >= 0.6 is 0 Å². The lowest BCUT2D eigenvalue weighted by molar-refractivity contribution is 0.102. The normalized spacial score (nSPS) is 14.5. The van der Waals surface area contributed by atoms with Gasteiger partial charge >= 0.3 is 0 Å². The molecule has 1 aliphatic heterocycles. The van der Waals surface area contributed by atoms with E-state index in [1.165, 1.54) is 19.3 Å². The molecule has 24 heavy (non-hydrogen) atoms. The molecule has 1 aliphatic rings. The van der Waals surface area contributed by atoms with E-state index in [9.17, 15) is 4.79 Å². The largest absolute Gasteiger partial charge is 0.341 e. The Morgan fingerprint density at radius 3 is 2.58 bits per heavy atom. The van der Waals surface area contributed by atoms with Crippen LogP contribution in [0.2, 0.25) is 0 Å². The van der Waals surface area contributed by atoms with Crippen LogP contribution in [-0.4, -0.2) is 29.0 Å². The molecule has 0 spiro atoms. The van der Waals surface area contributed by atoms with Gasteiger partial charge in [0.1, 0.15) is 0 Å². The molecule has 1 fully saturated rings. The summed E-state index contributed by atoms with van der Waals surface area (Å²) in [4.78, 5) is 23.8. The Hall–Kier alpha value is -2.43. The average Bonchev–Trinajstić information content (AvgIpc) is 2.58. The number of benzene rings is 1. The van der Waals surface area contributed by atoms with Crippen molar-refractivity contribution in [3.8, 4) is 0 Å². The number of rotatable bonds is 3. The lowest BCUT2D eigenvalue weighted by Crippen LogP contribution is -2.31. The topological polar surface area (TPSA) is 58.1 Å². The number of nitrogens with one attached hydrogen (secondary N) is 1. The highest BCUT2D eigenvalue weighted by molar-refractivity contribution is 6.05. The number of carbonyl (C=O) groups excluding carboxylic acids is 1. The van der Waals surface area contributed by atoms with Gasteiger partial charge in [0, 0.05) is 25.0 Å². The summed E-state index contributed by atoms with van der Waals surface area (Å²) in [5, 5.41) is 2.97. The monoisotopic (exact) mass is 324 g/mol. The molecule has 2 aromatic rings. The molecule has 3 rings (SSSR count). The van der Waals surface area contributed by atoms with Crippen molar-refractivity contribution >= 4 is 17.5 Å². The minimum atomic E-state index is -0.161. The van der Waals surface area contributed by atoms with Crippen molar-refractivity contribution in [2.24, 2.45) is 0 Å². The SMILES string of the molecule is Cc1ccc(C)c(NC(=O)c2cnc(N3CCCCC3)nc2C)c1. The molecular weight excluding hydrogens is 300 g/mol. The second-order valence-corrected chi connectivity index (χ2v) is 6.49. The highest BCUT2D eigenvalue weighted by Gasteiger charge is 2.17. The first-order valence-electron chi connectivity index (χ1n) is 8.52. The van der Waals surface area contributed by atoms with E-state index in [-0.39, 0.29) is 5.91 Å². The molecule has 1 saturated heterocycles. The minimum absolute atomic E-state index is 0.161. The van der Waals surface area contributed by atoms with E-state index in [0.29, 0.717) is 11.3 Å². The fraction of sp³-hybridized carbons (Fsp3) is 0.421. The minimum Gasteiger partial charge on any atom is -0.341 e. The maximum atomic E-state index is 12.6. The maximum Gasteiger partial charge on any atom is 0.259 e. The van der Waals surface area contributed by atoms with Gasteiger partial charge in [-0.05, 0) is 57.2 Å².